The zero-order valence-electron chi connectivity index (χ0n) is 9.62. The first-order chi connectivity index (χ1) is 7.75. The predicted molar refractivity (Wildman–Crippen MR) is 65.7 cm³/mol. The SMILES string of the molecule is Cc1cc(C2CCC3CCCN32)cnc1Cl. The van der Waals surface area contributed by atoms with Crippen LogP contribution in [0.5, 0.6) is 0 Å². The number of halogens is 1. The van der Waals surface area contributed by atoms with Gasteiger partial charge in [-0.3, -0.25) is 4.90 Å². The third-order valence-electron chi connectivity index (χ3n) is 4.02. The second-order valence-corrected chi connectivity index (χ2v) is 5.36. The minimum absolute atomic E-state index is 0.593. The molecule has 2 nitrogen and oxygen atoms in total. The molecule has 3 rings (SSSR count). The Hall–Kier alpha value is -0.600. The van der Waals surface area contributed by atoms with Crippen molar-refractivity contribution < 1.29 is 0 Å². The van der Waals surface area contributed by atoms with Crippen molar-refractivity contribution in [3.8, 4) is 0 Å². The normalized spacial score (nSPS) is 29.6. The maximum absolute atomic E-state index is 5.97. The van der Waals surface area contributed by atoms with Crippen LogP contribution in [-0.2, 0) is 0 Å². The van der Waals surface area contributed by atoms with E-state index in [1.165, 1.54) is 37.8 Å². The summed E-state index contributed by atoms with van der Waals surface area (Å²) >= 11 is 5.97. The van der Waals surface area contributed by atoms with E-state index in [0.717, 1.165) is 11.6 Å². The van der Waals surface area contributed by atoms with Crippen LogP contribution < -0.4 is 0 Å². The fourth-order valence-electron chi connectivity index (χ4n) is 3.21. The van der Waals surface area contributed by atoms with Gasteiger partial charge >= 0.3 is 0 Å². The third kappa shape index (κ3) is 1.64. The Balaban J connectivity index is 1.89. The third-order valence-corrected chi connectivity index (χ3v) is 4.41. The van der Waals surface area contributed by atoms with Crippen molar-refractivity contribution in [2.45, 2.75) is 44.7 Å². The van der Waals surface area contributed by atoms with Gasteiger partial charge in [0.05, 0.1) is 0 Å². The molecule has 2 unspecified atom stereocenters. The highest BCUT2D eigenvalue weighted by Crippen LogP contribution is 2.41. The van der Waals surface area contributed by atoms with Crippen molar-refractivity contribution in [3.05, 3.63) is 28.5 Å². The quantitative estimate of drug-likeness (QED) is 0.696. The van der Waals surface area contributed by atoms with Gasteiger partial charge in [-0.1, -0.05) is 11.6 Å². The summed E-state index contributed by atoms with van der Waals surface area (Å²) in [5.74, 6) is 0. The van der Waals surface area contributed by atoms with Crippen molar-refractivity contribution >= 4 is 11.6 Å². The molecule has 2 saturated heterocycles. The van der Waals surface area contributed by atoms with E-state index in [2.05, 4.69) is 16.0 Å². The number of hydrogen-bond acceptors (Lipinski definition) is 2. The van der Waals surface area contributed by atoms with Crippen molar-refractivity contribution in [3.63, 3.8) is 0 Å². The Labute approximate surface area is 102 Å². The second-order valence-electron chi connectivity index (χ2n) is 5.00. The molecule has 2 atom stereocenters. The molecule has 16 heavy (non-hydrogen) atoms. The summed E-state index contributed by atoms with van der Waals surface area (Å²) < 4.78 is 0. The van der Waals surface area contributed by atoms with Gasteiger partial charge in [-0.25, -0.2) is 4.98 Å². The minimum Gasteiger partial charge on any atom is -0.293 e. The molecule has 1 aromatic rings. The van der Waals surface area contributed by atoms with Crippen LogP contribution in [0.25, 0.3) is 0 Å². The fraction of sp³-hybridized carbons (Fsp3) is 0.615. The molecule has 0 saturated carbocycles. The fourth-order valence-corrected chi connectivity index (χ4v) is 3.32. The molecule has 2 aliphatic rings. The van der Waals surface area contributed by atoms with Crippen LogP contribution >= 0.6 is 11.6 Å². The molecule has 3 heterocycles. The highest BCUT2D eigenvalue weighted by atomic mass is 35.5. The molecule has 0 N–H and O–H groups in total. The van der Waals surface area contributed by atoms with E-state index in [-0.39, 0.29) is 0 Å². The Morgan fingerprint density at radius 2 is 2.25 bits per heavy atom. The molecule has 0 aromatic carbocycles. The summed E-state index contributed by atoms with van der Waals surface area (Å²) in [6.45, 7) is 3.30. The molecule has 1 aromatic heterocycles. The smallest absolute Gasteiger partial charge is 0.131 e. The van der Waals surface area contributed by atoms with Crippen LogP contribution in [0.1, 0.15) is 42.9 Å². The molecule has 0 spiro atoms. The van der Waals surface area contributed by atoms with Gasteiger partial charge in [0.15, 0.2) is 0 Å². The average Bonchev–Trinajstić information content (AvgIpc) is 2.83. The molecule has 3 heteroatoms. The monoisotopic (exact) mass is 236 g/mol. The van der Waals surface area contributed by atoms with Crippen LogP contribution in [-0.4, -0.2) is 22.5 Å². The largest absolute Gasteiger partial charge is 0.293 e. The van der Waals surface area contributed by atoms with Gasteiger partial charge in [-0.2, -0.15) is 0 Å². The molecule has 2 fully saturated rings. The molecule has 86 valence electrons. The van der Waals surface area contributed by atoms with Gasteiger partial charge in [0.1, 0.15) is 5.15 Å². The number of fused-ring (bicyclic) bond motifs is 1. The van der Waals surface area contributed by atoms with Crippen molar-refractivity contribution in [1.29, 1.82) is 0 Å². The summed E-state index contributed by atoms with van der Waals surface area (Å²) in [6.07, 6.45) is 7.35. The Kier molecular flexibility index (Phi) is 2.64. The first-order valence-electron chi connectivity index (χ1n) is 6.13. The Bertz CT molecular complexity index is 405. The van der Waals surface area contributed by atoms with Gasteiger partial charge < -0.3 is 0 Å². The van der Waals surface area contributed by atoms with Crippen LogP contribution in [0.2, 0.25) is 5.15 Å². The lowest BCUT2D eigenvalue weighted by molar-refractivity contribution is 0.248. The summed E-state index contributed by atoms with van der Waals surface area (Å²) in [4.78, 5) is 6.93. The summed E-state index contributed by atoms with van der Waals surface area (Å²) in [5, 5.41) is 0.639. The average molecular weight is 237 g/mol. The van der Waals surface area contributed by atoms with Crippen LogP contribution in [0.4, 0.5) is 0 Å². The molecule has 0 amide bonds. The lowest BCUT2D eigenvalue weighted by atomic mass is 10.0. The van der Waals surface area contributed by atoms with Crippen molar-refractivity contribution in [2.75, 3.05) is 6.54 Å². The number of aryl methyl sites for hydroxylation is 1. The van der Waals surface area contributed by atoms with E-state index in [4.69, 9.17) is 11.6 Å². The van der Waals surface area contributed by atoms with E-state index in [1.54, 1.807) is 0 Å². The Morgan fingerprint density at radius 3 is 3.06 bits per heavy atom. The van der Waals surface area contributed by atoms with Crippen LogP contribution in [0, 0.1) is 6.92 Å². The zero-order valence-corrected chi connectivity index (χ0v) is 10.4. The maximum atomic E-state index is 5.97. The summed E-state index contributed by atoms with van der Waals surface area (Å²) in [6, 6.07) is 3.64. The highest BCUT2D eigenvalue weighted by Gasteiger charge is 2.37. The molecular weight excluding hydrogens is 220 g/mol. The number of hydrogen-bond donors (Lipinski definition) is 0. The number of aromatic nitrogens is 1. The topological polar surface area (TPSA) is 16.1 Å². The molecule has 0 aliphatic carbocycles. The van der Waals surface area contributed by atoms with Crippen LogP contribution in [0.3, 0.4) is 0 Å². The standard InChI is InChI=1S/C13H17ClN2/c1-9-7-10(8-15-13(9)14)12-5-4-11-3-2-6-16(11)12/h7-8,11-12H,2-6H2,1H3. The predicted octanol–water partition coefficient (Wildman–Crippen LogP) is 3.34. The molecule has 2 aliphatic heterocycles. The molecular formula is C13H17ClN2. The van der Waals surface area contributed by atoms with E-state index >= 15 is 0 Å². The minimum atomic E-state index is 0.593. The van der Waals surface area contributed by atoms with Gasteiger partial charge in [0, 0.05) is 18.3 Å². The first kappa shape index (κ1) is 10.5. The molecule has 0 bridgehead atoms. The van der Waals surface area contributed by atoms with Crippen LogP contribution in [0.15, 0.2) is 12.3 Å². The molecule has 0 radical (unpaired) electrons. The number of pyridine rings is 1. The Morgan fingerprint density at radius 1 is 1.38 bits per heavy atom. The number of nitrogens with zero attached hydrogens (tertiary/aromatic N) is 2. The summed E-state index contributed by atoms with van der Waals surface area (Å²) in [5.41, 5.74) is 2.45. The van der Waals surface area contributed by atoms with Gasteiger partial charge in [-0.15, -0.1) is 0 Å². The van der Waals surface area contributed by atoms with E-state index in [9.17, 15) is 0 Å². The maximum Gasteiger partial charge on any atom is 0.131 e. The lowest BCUT2D eigenvalue weighted by Crippen LogP contribution is -2.25. The van der Waals surface area contributed by atoms with Gasteiger partial charge in [-0.05, 0) is 56.3 Å². The summed E-state index contributed by atoms with van der Waals surface area (Å²) in [7, 11) is 0. The highest BCUT2D eigenvalue weighted by molar-refractivity contribution is 6.30. The first-order valence-corrected chi connectivity index (χ1v) is 6.51. The van der Waals surface area contributed by atoms with E-state index in [0.29, 0.717) is 11.2 Å². The van der Waals surface area contributed by atoms with Gasteiger partial charge in [0.25, 0.3) is 0 Å². The van der Waals surface area contributed by atoms with Crippen molar-refractivity contribution in [2.24, 2.45) is 0 Å². The second kappa shape index (κ2) is 4.01. The number of rotatable bonds is 1. The van der Waals surface area contributed by atoms with E-state index < -0.39 is 0 Å². The zero-order chi connectivity index (χ0) is 11.1. The van der Waals surface area contributed by atoms with E-state index in [1.807, 2.05) is 13.1 Å². The van der Waals surface area contributed by atoms with Crippen molar-refractivity contribution in [1.82, 2.24) is 9.88 Å². The van der Waals surface area contributed by atoms with Gasteiger partial charge in [0.2, 0.25) is 0 Å². The lowest BCUT2D eigenvalue weighted by Gasteiger charge is -2.24.